The zero-order valence-corrected chi connectivity index (χ0v) is 19.7. The number of rotatable bonds is 8. The van der Waals surface area contributed by atoms with Gasteiger partial charge in [-0.15, -0.1) is 0 Å². The Hall–Kier alpha value is -3.54. The summed E-state index contributed by atoms with van der Waals surface area (Å²) in [6.45, 7) is 5.79. The van der Waals surface area contributed by atoms with Crippen molar-refractivity contribution in [3.63, 3.8) is 0 Å². The van der Waals surface area contributed by atoms with Crippen molar-refractivity contribution >= 4 is 11.8 Å². The fourth-order valence-corrected chi connectivity index (χ4v) is 3.67. The van der Waals surface area contributed by atoms with E-state index in [0.717, 1.165) is 5.56 Å². The summed E-state index contributed by atoms with van der Waals surface area (Å²) in [5, 5.41) is 3.00. The highest BCUT2D eigenvalue weighted by Gasteiger charge is 2.32. The number of carbonyl (C=O) groups is 2. The fraction of sp³-hybridized carbons (Fsp3) is 0.286. The molecule has 0 aromatic heterocycles. The molecule has 178 valence electrons. The topological polar surface area (TPSA) is 49.4 Å². The zero-order chi connectivity index (χ0) is 24.7. The van der Waals surface area contributed by atoms with Gasteiger partial charge in [0.1, 0.15) is 17.7 Å². The Kier molecular flexibility index (Phi) is 8.16. The largest absolute Gasteiger partial charge is 0.350 e. The van der Waals surface area contributed by atoms with Gasteiger partial charge in [-0.3, -0.25) is 9.59 Å². The van der Waals surface area contributed by atoms with Gasteiger partial charge >= 0.3 is 0 Å². The van der Waals surface area contributed by atoms with Crippen LogP contribution in [0.1, 0.15) is 37.5 Å². The molecule has 4 nitrogen and oxygen atoms in total. The second-order valence-corrected chi connectivity index (χ2v) is 9.40. The summed E-state index contributed by atoms with van der Waals surface area (Å²) in [5.74, 6) is -1.31. The molecule has 3 aromatic rings. The van der Waals surface area contributed by atoms with E-state index in [9.17, 15) is 18.4 Å². The number of amides is 2. The first-order valence-corrected chi connectivity index (χ1v) is 11.2. The lowest BCUT2D eigenvalue weighted by Crippen LogP contribution is -2.54. The van der Waals surface area contributed by atoms with Gasteiger partial charge in [0.25, 0.3) is 0 Å². The minimum Gasteiger partial charge on any atom is -0.350 e. The van der Waals surface area contributed by atoms with Crippen molar-refractivity contribution in [3.8, 4) is 0 Å². The van der Waals surface area contributed by atoms with E-state index in [2.05, 4.69) is 5.32 Å². The van der Waals surface area contributed by atoms with Crippen molar-refractivity contribution in [2.45, 2.75) is 51.7 Å². The summed E-state index contributed by atoms with van der Waals surface area (Å²) in [6, 6.07) is 20.3. The second-order valence-electron chi connectivity index (χ2n) is 9.40. The lowest BCUT2D eigenvalue weighted by atomic mass is 10.00. The molecule has 0 radical (unpaired) electrons. The molecular formula is C28H30F2N2O2. The molecule has 0 fully saturated rings. The maximum atomic E-state index is 13.5. The summed E-state index contributed by atoms with van der Waals surface area (Å²) < 4.78 is 26.8. The van der Waals surface area contributed by atoms with E-state index < -0.39 is 11.6 Å². The quantitative estimate of drug-likeness (QED) is 0.507. The molecule has 0 heterocycles. The average Bonchev–Trinajstić information content (AvgIpc) is 2.78. The molecule has 34 heavy (non-hydrogen) atoms. The SMILES string of the molecule is CC(C)(C)NC(=O)C(Cc1ccccc1)N(Cc1ccc(F)cc1)C(=O)Cc1ccc(F)cc1. The van der Waals surface area contributed by atoms with E-state index in [1.54, 1.807) is 24.3 Å². The van der Waals surface area contributed by atoms with Crippen LogP contribution in [0.2, 0.25) is 0 Å². The van der Waals surface area contributed by atoms with Crippen LogP contribution in [0.25, 0.3) is 0 Å². The van der Waals surface area contributed by atoms with Gasteiger partial charge in [0.05, 0.1) is 6.42 Å². The maximum absolute atomic E-state index is 13.5. The molecule has 1 atom stereocenters. The normalized spacial score (nSPS) is 12.1. The summed E-state index contributed by atoms with van der Waals surface area (Å²) in [6.07, 6.45) is 0.328. The Balaban J connectivity index is 1.97. The molecule has 3 aromatic carbocycles. The lowest BCUT2D eigenvalue weighted by molar-refractivity contribution is -0.141. The molecule has 0 bridgehead atoms. The van der Waals surface area contributed by atoms with Crippen LogP contribution in [0.5, 0.6) is 0 Å². The van der Waals surface area contributed by atoms with Crippen molar-refractivity contribution in [3.05, 3.63) is 107 Å². The van der Waals surface area contributed by atoms with Crippen molar-refractivity contribution < 1.29 is 18.4 Å². The van der Waals surface area contributed by atoms with Crippen LogP contribution in [0.4, 0.5) is 8.78 Å². The molecule has 0 aliphatic rings. The monoisotopic (exact) mass is 464 g/mol. The van der Waals surface area contributed by atoms with Gasteiger partial charge in [-0.2, -0.15) is 0 Å². The summed E-state index contributed by atoms with van der Waals surface area (Å²) >= 11 is 0. The van der Waals surface area contributed by atoms with Crippen LogP contribution >= 0.6 is 0 Å². The zero-order valence-electron chi connectivity index (χ0n) is 19.7. The Bertz CT molecular complexity index is 1090. The van der Waals surface area contributed by atoms with Crippen molar-refractivity contribution in [2.24, 2.45) is 0 Å². The number of benzene rings is 3. The minimum atomic E-state index is -0.792. The number of halogens is 2. The predicted molar refractivity (Wildman–Crippen MR) is 129 cm³/mol. The number of hydrogen-bond acceptors (Lipinski definition) is 2. The summed E-state index contributed by atoms with van der Waals surface area (Å²) in [7, 11) is 0. The molecule has 3 rings (SSSR count). The standard InChI is InChI=1S/C28H30F2N2O2/c1-28(2,3)31-27(34)25(17-20-7-5-4-6-8-20)32(19-22-11-15-24(30)16-12-22)26(33)18-21-9-13-23(29)14-10-21/h4-16,25H,17-19H2,1-3H3,(H,31,34). The molecule has 2 amide bonds. The molecule has 0 spiro atoms. The first-order valence-electron chi connectivity index (χ1n) is 11.2. The number of hydrogen-bond donors (Lipinski definition) is 1. The number of nitrogens with one attached hydrogen (secondary N) is 1. The molecule has 0 aliphatic heterocycles. The average molecular weight is 465 g/mol. The van der Waals surface area contributed by atoms with Crippen molar-refractivity contribution in [2.75, 3.05) is 0 Å². The van der Waals surface area contributed by atoms with Gasteiger partial charge in [-0.1, -0.05) is 54.6 Å². The summed E-state index contributed by atoms with van der Waals surface area (Å²) in [4.78, 5) is 28.5. The number of nitrogens with zero attached hydrogens (tertiary/aromatic N) is 1. The van der Waals surface area contributed by atoms with Gasteiger partial charge in [0.15, 0.2) is 0 Å². The van der Waals surface area contributed by atoms with Crippen LogP contribution in [-0.2, 0) is 29.0 Å². The molecule has 1 unspecified atom stereocenters. The molecule has 1 N–H and O–H groups in total. The third kappa shape index (κ3) is 7.51. The Morgan fingerprint density at radius 3 is 1.85 bits per heavy atom. The van der Waals surface area contributed by atoms with E-state index >= 15 is 0 Å². The molecule has 0 saturated heterocycles. The molecular weight excluding hydrogens is 434 g/mol. The minimum absolute atomic E-state index is 0.00949. The third-order valence-corrected chi connectivity index (χ3v) is 5.30. The predicted octanol–water partition coefficient (Wildman–Crippen LogP) is 5.06. The highest BCUT2D eigenvalue weighted by atomic mass is 19.1. The third-order valence-electron chi connectivity index (χ3n) is 5.30. The van der Waals surface area contributed by atoms with Crippen LogP contribution in [0, 0.1) is 11.6 Å². The fourth-order valence-electron chi connectivity index (χ4n) is 3.67. The van der Waals surface area contributed by atoms with Crippen molar-refractivity contribution in [1.29, 1.82) is 0 Å². The van der Waals surface area contributed by atoms with Crippen LogP contribution < -0.4 is 5.32 Å². The highest BCUT2D eigenvalue weighted by Crippen LogP contribution is 2.18. The smallest absolute Gasteiger partial charge is 0.243 e. The van der Waals surface area contributed by atoms with Crippen LogP contribution in [-0.4, -0.2) is 28.3 Å². The van der Waals surface area contributed by atoms with Crippen LogP contribution in [0.15, 0.2) is 78.9 Å². The first-order chi connectivity index (χ1) is 16.1. The van der Waals surface area contributed by atoms with Crippen molar-refractivity contribution in [1.82, 2.24) is 10.2 Å². The van der Waals surface area contributed by atoms with Crippen LogP contribution in [0.3, 0.4) is 0 Å². The Labute approximate surface area is 199 Å². The molecule has 0 aliphatic carbocycles. The Morgan fingerprint density at radius 2 is 1.32 bits per heavy atom. The molecule has 6 heteroatoms. The first kappa shape index (κ1) is 25.1. The summed E-state index contributed by atoms with van der Waals surface area (Å²) in [5.41, 5.74) is 1.77. The molecule has 0 saturated carbocycles. The maximum Gasteiger partial charge on any atom is 0.243 e. The lowest BCUT2D eigenvalue weighted by Gasteiger charge is -2.34. The number of carbonyl (C=O) groups excluding carboxylic acids is 2. The van der Waals surface area contributed by atoms with Gasteiger partial charge < -0.3 is 10.2 Å². The Morgan fingerprint density at radius 1 is 0.794 bits per heavy atom. The van der Waals surface area contributed by atoms with E-state index in [1.807, 2.05) is 51.1 Å². The van der Waals surface area contributed by atoms with Gasteiger partial charge in [0, 0.05) is 18.5 Å². The van der Waals surface area contributed by atoms with E-state index in [-0.39, 0.29) is 36.4 Å². The van der Waals surface area contributed by atoms with Gasteiger partial charge in [-0.05, 0) is 61.7 Å². The van der Waals surface area contributed by atoms with E-state index in [1.165, 1.54) is 29.2 Å². The van der Waals surface area contributed by atoms with E-state index in [0.29, 0.717) is 17.5 Å². The van der Waals surface area contributed by atoms with Gasteiger partial charge in [0.2, 0.25) is 11.8 Å². The van der Waals surface area contributed by atoms with E-state index in [4.69, 9.17) is 0 Å². The van der Waals surface area contributed by atoms with Gasteiger partial charge in [-0.25, -0.2) is 8.78 Å². The highest BCUT2D eigenvalue weighted by molar-refractivity contribution is 5.89. The second kappa shape index (κ2) is 11.1.